The van der Waals surface area contributed by atoms with Gasteiger partial charge in [0.05, 0.1) is 0 Å². The number of hydrogen-bond donors (Lipinski definition) is 2. The summed E-state index contributed by atoms with van der Waals surface area (Å²) in [6.45, 7) is 1.52. The summed E-state index contributed by atoms with van der Waals surface area (Å²) in [6.07, 6.45) is 3.89. The minimum atomic E-state index is -0.135. The molecule has 2 rings (SSSR count). The van der Waals surface area contributed by atoms with Crippen molar-refractivity contribution in [3.05, 3.63) is 48.0 Å². The summed E-state index contributed by atoms with van der Waals surface area (Å²) < 4.78 is 0. The van der Waals surface area contributed by atoms with Crippen LogP contribution in [-0.4, -0.2) is 30.8 Å². The lowest BCUT2D eigenvalue weighted by atomic mass is 10.2. The van der Waals surface area contributed by atoms with Crippen molar-refractivity contribution in [1.29, 1.82) is 0 Å². The van der Waals surface area contributed by atoms with Crippen molar-refractivity contribution in [3.63, 3.8) is 0 Å². The van der Waals surface area contributed by atoms with E-state index in [0.29, 0.717) is 0 Å². The van der Waals surface area contributed by atoms with Gasteiger partial charge in [-0.2, -0.15) is 11.8 Å². The first-order valence-electron chi connectivity index (χ1n) is 6.16. The molecule has 1 heterocycles. The van der Waals surface area contributed by atoms with E-state index < -0.39 is 0 Å². The van der Waals surface area contributed by atoms with Crippen molar-refractivity contribution in [2.24, 2.45) is 0 Å². The van der Waals surface area contributed by atoms with Crippen LogP contribution in [0.1, 0.15) is 5.56 Å². The number of carbonyl (C=O) groups is 1. The zero-order valence-electron chi connectivity index (χ0n) is 10.3. The van der Waals surface area contributed by atoms with Crippen molar-refractivity contribution in [2.75, 3.05) is 18.8 Å². The van der Waals surface area contributed by atoms with Gasteiger partial charge in [-0.25, -0.2) is 0 Å². The quantitative estimate of drug-likeness (QED) is 0.604. The van der Waals surface area contributed by atoms with E-state index in [-0.39, 0.29) is 11.9 Å². The van der Waals surface area contributed by atoms with Crippen molar-refractivity contribution >= 4 is 17.7 Å². The summed E-state index contributed by atoms with van der Waals surface area (Å²) >= 11 is 1.84. The van der Waals surface area contributed by atoms with Crippen molar-refractivity contribution in [1.82, 2.24) is 10.6 Å². The molecule has 18 heavy (non-hydrogen) atoms. The van der Waals surface area contributed by atoms with E-state index in [1.54, 1.807) is 0 Å². The van der Waals surface area contributed by atoms with Crippen LogP contribution in [0.3, 0.4) is 0 Å². The fraction of sp³-hybridized carbons (Fsp3) is 0.357. The molecule has 2 N–H and O–H groups in total. The first-order chi connectivity index (χ1) is 8.86. The maximum atomic E-state index is 11.6. The van der Waals surface area contributed by atoms with Gasteiger partial charge < -0.3 is 5.32 Å². The van der Waals surface area contributed by atoms with E-state index in [9.17, 15) is 4.79 Å². The number of carbonyl (C=O) groups excluding carboxylic acids is 1. The van der Waals surface area contributed by atoms with Gasteiger partial charge in [-0.15, -0.1) is 0 Å². The molecule has 1 aliphatic rings. The summed E-state index contributed by atoms with van der Waals surface area (Å²) in [5.41, 5.74) is 1.33. The summed E-state index contributed by atoms with van der Waals surface area (Å²) in [5, 5.41) is 6.03. The minimum Gasteiger partial charge on any atom is -0.354 e. The Labute approximate surface area is 112 Å². The maximum absolute atomic E-state index is 11.6. The fourth-order valence-corrected chi connectivity index (χ4v) is 2.59. The smallest absolute Gasteiger partial charge is 0.241 e. The van der Waals surface area contributed by atoms with Crippen LogP contribution in [0, 0.1) is 0 Å². The summed E-state index contributed by atoms with van der Waals surface area (Å²) in [5.74, 6) is 2.01. The third-order valence-electron chi connectivity index (χ3n) is 2.72. The van der Waals surface area contributed by atoms with Crippen LogP contribution < -0.4 is 10.6 Å². The fourth-order valence-electron chi connectivity index (χ4n) is 1.77. The molecule has 1 atom stereocenters. The molecule has 0 unspecified atom stereocenters. The third kappa shape index (κ3) is 4.20. The Morgan fingerprint density at radius 3 is 2.94 bits per heavy atom. The molecule has 3 nitrogen and oxygen atoms in total. The predicted molar refractivity (Wildman–Crippen MR) is 76.5 cm³/mol. The largest absolute Gasteiger partial charge is 0.354 e. The average Bonchev–Trinajstić information content (AvgIpc) is 2.93. The molecule has 0 radical (unpaired) electrons. The highest BCUT2D eigenvalue weighted by molar-refractivity contribution is 7.98. The maximum Gasteiger partial charge on any atom is 0.241 e. The van der Waals surface area contributed by atoms with Crippen LogP contribution in [0.15, 0.2) is 42.5 Å². The van der Waals surface area contributed by atoms with E-state index in [1.807, 2.05) is 30.0 Å². The Kier molecular flexibility index (Phi) is 5.30. The SMILES string of the molecule is O=C(NCCSCc1ccccc1)[C@H]1C=CCN1. The van der Waals surface area contributed by atoms with Gasteiger partial charge in [0.25, 0.3) is 0 Å². The third-order valence-corrected chi connectivity index (χ3v) is 3.75. The lowest BCUT2D eigenvalue weighted by Gasteiger charge is -2.10. The first kappa shape index (κ1) is 13.2. The Balaban J connectivity index is 1.56. The summed E-state index contributed by atoms with van der Waals surface area (Å²) in [7, 11) is 0. The molecule has 4 heteroatoms. The van der Waals surface area contributed by atoms with Crippen LogP contribution in [0.25, 0.3) is 0 Å². The number of amides is 1. The molecule has 0 aliphatic carbocycles. The van der Waals surface area contributed by atoms with Crippen LogP contribution in [0.4, 0.5) is 0 Å². The lowest BCUT2D eigenvalue weighted by Crippen LogP contribution is -2.41. The molecule has 1 aromatic carbocycles. The summed E-state index contributed by atoms with van der Waals surface area (Å²) in [6, 6.07) is 10.2. The Morgan fingerprint density at radius 2 is 2.22 bits per heavy atom. The second-order valence-electron chi connectivity index (χ2n) is 4.14. The van der Waals surface area contributed by atoms with E-state index >= 15 is 0 Å². The molecule has 0 spiro atoms. The van der Waals surface area contributed by atoms with Gasteiger partial charge in [-0.3, -0.25) is 10.1 Å². The monoisotopic (exact) mass is 262 g/mol. The first-order valence-corrected chi connectivity index (χ1v) is 7.31. The van der Waals surface area contributed by atoms with Crippen molar-refractivity contribution < 1.29 is 4.79 Å². The highest BCUT2D eigenvalue weighted by atomic mass is 32.2. The highest BCUT2D eigenvalue weighted by Crippen LogP contribution is 2.10. The van der Waals surface area contributed by atoms with Gasteiger partial charge in [0.15, 0.2) is 0 Å². The van der Waals surface area contributed by atoms with Gasteiger partial charge in [0, 0.05) is 24.6 Å². The van der Waals surface area contributed by atoms with Crippen LogP contribution >= 0.6 is 11.8 Å². The number of thioether (sulfide) groups is 1. The van der Waals surface area contributed by atoms with Gasteiger partial charge in [-0.05, 0) is 5.56 Å². The lowest BCUT2D eigenvalue weighted by molar-refractivity contribution is -0.121. The Bertz CT molecular complexity index is 406. The van der Waals surface area contributed by atoms with Crippen LogP contribution in [0.2, 0.25) is 0 Å². The topological polar surface area (TPSA) is 41.1 Å². The molecule has 0 saturated carbocycles. The van der Waals surface area contributed by atoms with E-state index in [1.165, 1.54) is 5.56 Å². The molecule has 0 aromatic heterocycles. The molecule has 1 amide bonds. The number of nitrogens with one attached hydrogen (secondary N) is 2. The molecule has 1 aromatic rings. The molecule has 0 saturated heterocycles. The number of hydrogen-bond acceptors (Lipinski definition) is 3. The molecular formula is C14H18N2OS. The van der Waals surface area contributed by atoms with Gasteiger partial charge in [0.2, 0.25) is 5.91 Å². The molecule has 0 fully saturated rings. The second kappa shape index (κ2) is 7.24. The number of rotatable bonds is 6. The second-order valence-corrected chi connectivity index (χ2v) is 5.25. The van der Waals surface area contributed by atoms with Gasteiger partial charge in [-0.1, -0.05) is 42.5 Å². The van der Waals surface area contributed by atoms with Gasteiger partial charge >= 0.3 is 0 Å². The molecular weight excluding hydrogens is 244 g/mol. The normalized spacial score (nSPS) is 17.9. The standard InChI is InChI=1S/C14H18N2OS/c17-14(13-7-4-8-15-13)16-9-10-18-11-12-5-2-1-3-6-12/h1-7,13,15H,8-11H2,(H,16,17)/t13-/m1/s1. The molecule has 1 aliphatic heterocycles. The Hall–Kier alpha value is -1.26. The van der Waals surface area contributed by atoms with Crippen molar-refractivity contribution in [3.8, 4) is 0 Å². The molecule has 0 bridgehead atoms. The van der Waals surface area contributed by atoms with Crippen LogP contribution in [-0.2, 0) is 10.5 Å². The number of benzene rings is 1. The zero-order valence-corrected chi connectivity index (χ0v) is 11.1. The van der Waals surface area contributed by atoms with Crippen LogP contribution in [0.5, 0.6) is 0 Å². The van der Waals surface area contributed by atoms with E-state index in [2.05, 4.69) is 34.9 Å². The Morgan fingerprint density at radius 1 is 1.39 bits per heavy atom. The zero-order chi connectivity index (χ0) is 12.6. The highest BCUT2D eigenvalue weighted by Gasteiger charge is 2.16. The molecule has 96 valence electrons. The van der Waals surface area contributed by atoms with E-state index in [4.69, 9.17) is 0 Å². The predicted octanol–water partition coefficient (Wildman–Crippen LogP) is 1.56. The minimum absolute atomic E-state index is 0.0732. The van der Waals surface area contributed by atoms with Crippen molar-refractivity contribution in [2.45, 2.75) is 11.8 Å². The average molecular weight is 262 g/mol. The van der Waals surface area contributed by atoms with E-state index in [0.717, 1.165) is 24.6 Å². The summed E-state index contributed by atoms with van der Waals surface area (Å²) in [4.78, 5) is 11.6. The van der Waals surface area contributed by atoms with Gasteiger partial charge in [0.1, 0.15) is 6.04 Å².